The molecular weight excluding hydrogens is 174 g/mol. The first kappa shape index (κ1) is 10.2. The Balaban J connectivity index is 1.87. The molecule has 14 heavy (non-hydrogen) atoms. The van der Waals surface area contributed by atoms with Gasteiger partial charge in [0.15, 0.2) is 0 Å². The number of β-amino-alcohol motifs (C(OH)–C–C–N with tert-alkyl or cyclic N) is 1. The molecule has 2 nitrogen and oxygen atoms in total. The average Bonchev–Trinajstić information content (AvgIpc) is 2.14. The molecule has 1 aliphatic carbocycles. The minimum atomic E-state index is -0.411. The molecule has 0 saturated carbocycles. The number of rotatable bonds is 2. The van der Waals surface area contributed by atoms with E-state index in [2.05, 4.69) is 30.9 Å². The van der Waals surface area contributed by atoms with Crippen molar-refractivity contribution in [2.24, 2.45) is 5.92 Å². The second-order valence-electron chi connectivity index (χ2n) is 5.09. The monoisotopic (exact) mass is 195 g/mol. The Hall–Kier alpha value is -0.340. The van der Waals surface area contributed by atoms with Gasteiger partial charge in [0.05, 0.1) is 5.60 Å². The zero-order valence-electron chi connectivity index (χ0n) is 9.24. The van der Waals surface area contributed by atoms with E-state index in [1.54, 1.807) is 0 Å². The first-order valence-electron chi connectivity index (χ1n) is 5.75. The molecule has 0 bridgehead atoms. The molecule has 1 N–H and O–H groups in total. The first-order valence-corrected chi connectivity index (χ1v) is 5.75. The highest BCUT2D eigenvalue weighted by molar-refractivity contribution is 5.07. The quantitative estimate of drug-likeness (QED) is 0.679. The van der Waals surface area contributed by atoms with Gasteiger partial charge < -0.3 is 5.11 Å². The van der Waals surface area contributed by atoms with Crippen molar-refractivity contribution in [2.45, 2.75) is 44.8 Å². The number of hydrogen-bond acceptors (Lipinski definition) is 2. The predicted octanol–water partition coefficient (Wildman–Crippen LogP) is 1.80. The summed E-state index contributed by atoms with van der Waals surface area (Å²) in [6.07, 6.45) is 8.39. The van der Waals surface area contributed by atoms with Crippen LogP contribution in [-0.2, 0) is 0 Å². The van der Waals surface area contributed by atoms with Crippen molar-refractivity contribution in [1.29, 1.82) is 0 Å². The molecular formula is C12H21NO. The molecule has 1 fully saturated rings. The van der Waals surface area contributed by atoms with Crippen molar-refractivity contribution in [2.75, 3.05) is 13.1 Å². The summed E-state index contributed by atoms with van der Waals surface area (Å²) in [5, 5.41) is 10.1. The van der Waals surface area contributed by atoms with Crippen LogP contribution < -0.4 is 0 Å². The highest BCUT2D eigenvalue weighted by Crippen LogP contribution is 2.32. The molecule has 0 aromatic carbocycles. The molecule has 80 valence electrons. The molecule has 1 heterocycles. The van der Waals surface area contributed by atoms with E-state index in [9.17, 15) is 5.11 Å². The zero-order valence-corrected chi connectivity index (χ0v) is 9.24. The lowest BCUT2D eigenvalue weighted by Gasteiger charge is -2.52. The van der Waals surface area contributed by atoms with Crippen LogP contribution in [0.15, 0.2) is 12.2 Å². The standard InChI is InChI=1S/C12H21NO/c1-10(2)12(14)8-13(9-12)11-6-4-3-5-7-11/h4,6,10-11,14H,3,5,7-9H2,1-2H3. The second kappa shape index (κ2) is 3.67. The van der Waals surface area contributed by atoms with E-state index in [0.717, 1.165) is 13.1 Å². The summed E-state index contributed by atoms with van der Waals surface area (Å²) in [5.41, 5.74) is -0.411. The molecule has 1 saturated heterocycles. The Labute approximate surface area is 86.6 Å². The van der Waals surface area contributed by atoms with Gasteiger partial charge in [-0.1, -0.05) is 26.0 Å². The Morgan fingerprint density at radius 3 is 2.64 bits per heavy atom. The van der Waals surface area contributed by atoms with Crippen LogP contribution in [0.2, 0.25) is 0 Å². The van der Waals surface area contributed by atoms with Crippen molar-refractivity contribution in [3.05, 3.63) is 12.2 Å². The molecule has 2 aliphatic rings. The number of likely N-dealkylation sites (tertiary alicyclic amines) is 1. The highest BCUT2D eigenvalue weighted by atomic mass is 16.3. The van der Waals surface area contributed by atoms with Gasteiger partial charge in [0, 0.05) is 19.1 Å². The maximum absolute atomic E-state index is 10.1. The number of allylic oxidation sites excluding steroid dienone is 1. The van der Waals surface area contributed by atoms with Gasteiger partial charge in [-0.3, -0.25) is 4.90 Å². The maximum atomic E-state index is 10.1. The Bertz CT molecular complexity index is 228. The summed E-state index contributed by atoms with van der Waals surface area (Å²) in [5.74, 6) is 0.381. The molecule has 0 aromatic heterocycles. The molecule has 1 atom stereocenters. The van der Waals surface area contributed by atoms with Gasteiger partial charge in [0.1, 0.15) is 0 Å². The Kier molecular flexibility index (Phi) is 2.67. The fourth-order valence-corrected chi connectivity index (χ4v) is 2.36. The van der Waals surface area contributed by atoms with Crippen molar-refractivity contribution in [3.8, 4) is 0 Å². The van der Waals surface area contributed by atoms with Gasteiger partial charge in [-0.2, -0.15) is 0 Å². The smallest absolute Gasteiger partial charge is 0.0923 e. The summed E-state index contributed by atoms with van der Waals surface area (Å²) in [6.45, 7) is 5.93. The lowest BCUT2D eigenvalue weighted by atomic mass is 9.81. The van der Waals surface area contributed by atoms with E-state index in [4.69, 9.17) is 0 Å². The summed E-state index contributed by atoms with van der Waals surface area (Å²) in [6, 6.07) is 0.600. The largest absolute Gasteiger partial charge is 0.387 e. The van der Waals surface area contributed by atoms with Gasteiger partial charge in [-0.05, 0) is 25.2 Å². The molecule has 2 heteroatoms. The minimum Gasteiger partial charge on any atom is -0.387 e. The van der Waals surface area contributed by atoms with E-state index >= 15 is 0 Å². The fraction of sp³-hybridized carbons (Fsp3) is 0.833. The third-order valence-corrected chi connectivity index (χ3v) is 3.73. The molecule has 0 radical (unpaired) electrons. The van der Waals surface area contributed by atoms with Crippen molar-refractivity contribution < 1.29 is 5.11 Å². The van der Waals surface area contributed by atoms with E-state index in [1.165, 1.54) is 19.3 Å². The molecule has 2 rings (SSSR count). The van der Waals surface area contributed by atoms with Crippen LogP contribution in [0.4, 0.5) is 0 Å². The number of aliphatic hydroxyl groups is 1. The van der Waals surface area contributed by atoms with E-state index in [1.807, 2.05) is 0 Å². The third-order valence-electron chi connectivity index (χ3n) is 3.73. The van der Waals surface area contributed by atoms with Crippen LogP contribution in [0.3, 0.4) is 0 Å². The van der Waals surface area contributed by atoms with E-state index < -0.39 is 5.60 Å². The molecule has 0 amide bonds. The number of hydrogen-bond donors (Lipinski definition) is 1. The van der Waals surface area contributed by atoms with Gasteiger partial charge >= 0.3 is 0 Å². The molecule has 1 aliphatic heterocycles. The van der Waals surface area contributed by atoms with Crippen molar-refractivity contribution in [1.82, 2.24) is 4.90 Å². The van der Waals surface area contributed by atoms with Gasteiger partial charge in [-0.25, -0.2) is 0 Å². The van der Waals surface area contributed by atoms with Gasteiger partial charge in [0.25, 0.3) is 0 Å². The van der Waals surface area contributed by atoms with Crippen LogP contribution in [-0.4, -0.2) is 34.7 Å². The topological polar surface area (TPSA) is 23.5 Å². The van der Waals surface area contributed by atoms with E-state index in [0.29, 0.717) is 12.0 Å². The Morgan fingerprint density at radius 2 is 2.14 bits per heavy atom. The average molecular weight is 195 g/mol. The summed E-state index contributed by atoms with van der Waals surface area (Å²) < 4.78 is 0. The van der Waals surface area contributed by atoms with E-state index in [-0.39, 0.29) is 0 Å². The van der Waals surface area contributed by atoms with Crippen molar-refractivity contribution in [3.63, 3.8) is 0 Å². The minimum absolute atomic E-state index is 0.381. The SMILES string of the molecule is CC(C)C1(O)CN(C2C=CCCC2)C1. The molecule has 0 spiro atoms. The first-order chi connectivity index (χ1) is 6.62. The molecule has 1 unspecified atom stereocenters. The normalized spacial score (nSPS) is 31.9. The Morgan fingerprint density at radius 1 is 1.43 bits per heavy atom. The van der Waals surface area contributed by atoms with Crippen LogP contribution in [0.1, 0.15) is 33.1 Å². The number of nitrogens with zero attached hydrogens (tertiary/aromatic N) is 1. The van der Waals surface area contributed by atoms with Gasteiger partial charge in [-0.15, -0.1) is 0 Å². The lowest BCUT2D eigenvalue weighted by molar-refractivity contribution is -0.137. The van der Waals surface area contributed by atoms with Crippen LogP contribution in [0.25, 0.3) is 0 Å². The zero-order chi connectivity index (χ0) is 10.2. The fourth-order valence-electron chi connectivity index (χ4n) is 2.36. The van der Waals surface area contributed by atoms with Crippen molar-refractivity contribution >= 4 is 0 Å². The van der Waals surface area contributed by atoms with Crippen LogP contribution in [0, 0.1) is 5.92 Å². The highest BCUT2D eigenvalue weighted by Gasteiger charge is 2.45. The second-order valence-corrected chi connectivity index (χ2v) is 5.09. The maximum Gasteiger partial charge on any atom is 0.0923 e. The summed E-state index contributed by atoms with van der Waals surface area (Å²) in [7, 11) is 0. The van der Waals surface area contributed by atoms with Gasteiger partial charge in [0.2, 0.25) is 0 Å². The van der Waals surface area contributed by atoms with Crippen LogP contribution >= 0.6 is 0 Å². The third kappa shape index (κ3) is 1.73. The summed E-state index contributed by atoms with van der Waals surface area (Å²) >= 11 is 0. The van der Waals surface area contributed by atoms with Crippen LogP contribution in [0.5, 0.6) is 0 Å². The predicted molar refractivity (Wildman–Crippen MR) is 58.1 cm³/mol. The molecule has 0 aromatic rings. The summed E-state index contributed by atoms with van der Waals surface area (Å²) in [4.78, 5) is 2.40. The lowest BCUT2D eigenvalue weighted by Crippen LogP contribution is -2.66.